The number of hydrogen-bond donors (Lipinski definition) is 2. The van der Waals surface area contributed by atoms with Gasteiger partial charge in [-0.25, -0.2) is 9.18 Å². The van der Waals surface area contributed by atoms with Crippen molar-refractivity contribution in [1.82, 2.24) is 10.6 Å². The van der Waals surface area contributed by atoms with Gasteiger partial charge in [0.25, 0.3) is 0 Å². The van der Waals surface area contributed by atoms with Gasteiger partial charge in [0.05, 0.1) is 6.04 Å². The van der Waals surface area contributed by atoms with Gasteiger partial charge in [-0.3, -0.25) is 0 Å². The quantitative estimate of drug-likeness (QED) is 0.793. The first-order chi connectivity index (χ1) is 7.77. The average Bonchev–Trinajstić information content (AvgIpc) is 2.79. The van der Waals surface area contributed by atoms with Gasteiger partial charge in [0.2, 0.25) is 0 Å². The Kier molecular flexibility index (Phi) is 5.85. The van der Waals surface area contributed by atoms with Gasteiger partial charge in [-0.05, 0) is 17.9 Å². The van der Waals surface area contributed by atoms with Gasteiger partial charge in [0.1, 0.15) is 6.67 Å². The molecule has 2 amide bonds. The molecule has 0 fully saturated rings. The summed E-state index contributed by atoms with van der Waals surface area (Å²) in [4.78, 5) is 12.5. The Morgan fingerprint density at radius 1 is 1.62 bits per heavy atom. The molecule has 2 N–H and O–H groups in total. The summed E-state index contributed by atoms with van der Waals surface area (Å²) in [5, 5.41) is 7.30. The average molecular weight is 244 g/mol. The number of nitrogens with one attached hydrogen (secondary N) is 2. The molecule has 1 aromatic rings. The molecular weight excluding hydrogens is 227 g/mol. The molecule has 16 heavy (non-hydrogen) atoms. The molecule has 0 unspecified atom stereocenters. The van der Waals surface area contributed by atoms with Gasteiger partial charge < -0.3 is 10.6 Å². The van der Waals surface area contributed by atoms with E-state index in [-0.39, 0.29) is 18.6 Å². The van der Waals surface area contributed by atoms with Gasteiger partial charge in [0.15, 0.2) is 0 Å². The van der Waals surface area contributed by atoms with Crippen molar-refractivity contribution in [2.45, 2.75) is 25.8 Å². The summed E-state index contributed by atoms with van der Waals surface area (Å²) in [6.45, 7) is 1.60. The maximum Gasteiger partial charge on any atom is 0.315 e. The van der Waals surface area contributed by atoms with Crippen LogP contribution in [-0.4, -0.2) is 19.3 Å². The number of urea groups is 1. The minimum absolute atomic E-state index is 0.0320. The van der Waals surface area contributed by atoms with Crippen molar-refractivity contribution in [2.75, 3.05) is 13.2 Å². The summed E-state index contributed by atoms with van der Waals surface area (Å²) in [5.74, 6) is 0. The van der Waals surface area contributed by atoms with Crippen LogP contribution >= 0.6 is 11.3 Å². The predicted octanol–water partition coefficient (Wildman–Crippen LogP) is 2.86. The molecule has 0 aliphatic carbocycles. The number of alkyl halides is 1. The van der Waals surface area contributed by atoms with Crippen molar-refractivity contribution in [3.8, 4) is 0 Å². The molecule has 0 radical (unpaired) electrons. The maximum atomic E-state index is 11.9. The van der Waals surface area contributed by atoms with Crippen molar-refractivity contribution in [1.29, 1.82) is 0 Å². The highest BCUT2D eigenvalue weighted by Crippen LogP contribution is 2.22. The molecule has 3 nitrogen and oxygen atoms in total. The van der Waals surface area contributed by atoms with E-state index in [9.17, 15) is 9.18 Å². The number of hydrogen-bond acceptors (Lipinski definition) is 2. The first kappa shape index (κ1) is 13.0. The number of carbonyl (C=O) groups is 1. The zero-order valence-corrected chi connectivity index (χ0v) is 10.1. The normalized spacial score (nSPS) is 12.1. The van der Waals surface area contributed by atoms with Crippen LogP contribution in [0.4, 0.5) is 9.18 Å². The van der Waals surface area contributed by atoms with Crippen LogP contribution in [0.2, 0.25) is 0 Å². The van der Waals surface area contributed by atoms with Crippen LogP contribution in [0.3, 0.4) is 0 Å². The third kappa shape index (κ3) is 4.18. The minimum Gasteiger partial charge on any atom is -0.336 e. The van der Waals surface area contributed by atoms with Crippen LogP contribution < -0.4 is 10.6 Å². The Hall–Kier alpha value is -1.10. The molecule has 1 heterocycles. The van der Waals surface area contributed by atoms with Crippen LogP contribution in [0.15, 0.2) is 17.5 Å². The molecule has 5 heteroatoms. The molecule has 0 saturated heterocycles. The van der Waals surface area contributed by atoms with Crippen LogP contribution in [0, 0.1) is 0 Å². The molecule has 0 aromatic carbocycles. The Balaban J connectivity index is 2.48. The van der Waals surface area contributed by atoms with Crippen LogP contribution in [0.5, 0.6) is 0 Å². The summed E-state index contributed by atoms with van der Waals surface area (Å²) >= 11 is 1.62. The summed E-state index contributed by atoms with van der Waals surface area (Å²) < 4.78 is 11.9. The highest BCUT2D eigenvalue weighted by molar-refractivity contribution is 7.10. The van der Waals surface area contributed by atoms with E-state index in [0.29, 0.717) is 0 Å². The van der Waals surface area contributed by atoms with Crippen molar-refractivity contribution < 1.29 is 9.18 Å². The van der Waals surface area contributed by atoms with E-state index in [1.54, 1.807) is 11.3 Å². The number of thiophene rings is 1. The van der Waals surface area contributed by atoms with Crippen LogP contribution in [-0.2, 0) is 0 Å². The van der Waals surface area contributed by atoms with E-state index in [2.05, 4.69) is 17.6 Å². The van der Waals surface area contributed by atoms with Gasteiger partial charge in [-0.1, -0.05) is 19.4 Å². The topological polar surface area (TPSA) is 41.1 Å². The molecule has 90 valence electrons. The fourth-order valence-corrected chi connectivity index (χ4v) is 2.25. The fourth-order valence-electron chi connectivity index (χ4n) is 1.43. The molecule has 0 bridgehead atoms. The predicted molar refractivity (Wildman–Crippen MR) is 64.5 cm³/mol. The van der Waals surface area contributed by atoms with Gasteiger partial charge >= 0.3 is 6.03 Å². The number of halogens is 1. The molecular formula is C11H17FN2OS. The summed E-state index contributed by atoms with van der Waals surface area (Å²) in [5.41, 5.74) is 0. The first-order valence-electron chi connectivity index (χ1n) is 5.41. The first-order valence-corrected chi connectivity index (χ1v) is 6.29. The van der Waals surface area contributed by atoms with E-state index in [4.69, 9.17) is 0 Å². The zero-order valence-electron chi connectivity index (χ0n) is 9.33. The second-order valence-electron chi connectivity index (χ2n) is 3.45. The van der Waals surface area contributed by atoms with Crippen molar-refractivity contribution in [3.63, 3.8) is 0 Å². The second-order valence-corrected chi connectivity index (χ2v) is 4.43. The third-order valence-electron chi connectivity index (χ3n) is 2.15. The van der Waals surface area contributed by atoms with E-state index >= 15 is 0 Å². The Bertz CT molecular complexity index is 303. The monoisotopic (exact) mass is 244 g/mol. The van der Waals surface area contributed by atoms with Crippen LogP contribution in [0.25, 0.3) is 0 Å². The lowest BCUT2D eigenvalue weighted by Gasteiger charge is -2.16. The summed E-state index contributed by atoms with van der Waals surface area (Å²) in [6.07, 6.45) is 1.88. The number of carbonyl (C=O) groups excluding carboxylic acids is 1. The lowest BCUT2D eigenvalue weighted by Crippen LogP contribution is -2.38. The molecule has 1 aromatic heterocycles. The van der Waals surface area contributed by atoms with E-state index in [1.165, 1.54) is 0 Å². The van der Waals surface area contributed by atoms with Gasteiger partial charge in [-0.2, -0.15) is 0 Å². The standard InChI is InChI=1S/C11H17FN2OS/c1-2-4-9(10-5-3-8-16-10)14-11(15)13-7-6-12/h3,5,8-9H,2,4,6-7H2,1H3,(H2,13,14,15)/t9-/m0/s1. The Morgan fingerprint density at radius 3 is 3.00 bits per heavy atom. The summed E-state index contributed by atoms with van der Waals surface area (Å²) in [6, 6.07) is 3.69. The smallest absolute Gasteiger partial charge is 0.315 e. The zero-order chi connectivity index (χ0) is 11.8. The van der Waals surface area contributed by atoms with E-state index in [1.807, 2.05) is 17.5 Å². The van der Waals surface area contributed by atoms with Gasteiger partial charge in [0, 0.05) is 11.4 Å². The maximum absolute atomic E-state index is 11.9. The largest absolute Gasteiger partial charge is 0.336 e. The summed E-state index contributed by atoms with van der Waals surface area (Å²) in [7, 11) is 0. The Labute approximate surface area is 99.1 Å². The van der Waals surface area contributed by atoms with Crippen LogP contribution in [0.1, 0.15) is 30.7 Å². The fraction of sp³-hybridized carbons (Fsp3) is 0.545. The highest BCUT2D eigenvalue weighted by atomic mass is 32.1. The minimum atomic E-state index is -0.537. The molecule has 0 aliphatic heterocycles. The lowest BCUT2D eigenvalue weighted by atomic mass is 10.1. The van der Waals surface area contributed by atoms with Crippen molar-refractivity contribution in [2.24, 2.45) is 0 Å². The van der Waals surface area contributed by atoms with Gasteiger partial charge in [-0.15, -0.1) is 11.3 Å². The van der Waals surface area contributed by atoms with E-state index < -0.39 is 6.67 Å². The highest BCUT2D eigenvalue weighted by Gasteiger charge is 2.13. The van der Waals surface area contributed by atoms with E-state index in [0.717, 1.165) is 17.7 Å². The molecule has 1 rings (SSSR count). The Morgan fingerprint density at radius 2 is 2.44 bits per heavy atom. The molecule has 0 saturated carbocycles. The molecule has 1 atom stereocenters. The number of amides is 2. The molecule has 0 spiro atoms. The number of rotatable bonds is 6. The SMILES string of the molecule is CCC[C@H](NC(=O)NCCF)c1cccs1. The third-order valence-corrected chi connectivity index (χ3v) is 3.14. The lowest BCUT2D eigenvalue weighted by molar-refractivity contribution is 0.235. The second kappa shape index (κ2) is 7.22. The van der Waals surface area contributed by atoms with Crippen molar-refractivity contribution in [3.05, 3.63) is 22.4 Å². The van der Waals surface area contributed by atoms with Crippen molar-refractivity contribution >= 4 is 17.4 Å². The molecule has 0 aliphatic rings.